The monoisotopic (exact) mass is 242 g/mol. The molecule has 0 aliphatic carbocycles. The van der Waals surface area contributed by atoms with Crippen LogP contribution >= 0.6 is 0 Å². The molecule has 0 aromatic heterocycles. The Kier molecular flexibility index (Phi) is 3.33. The predicted octanol–water partition coefficient (Wildman–Crippen LogP) is 3.79. The van der Waals surface area contributed by atoms with Gasteiger partial charge in [0, 0.05) is 0 Å². The van der Waals surface area contributed by atoms with Crippen LogP contribution in [0.25, 0.3) is 0 Å². The number of benzene rings is 2. The number of rotatable bonds is 3. The molecule has 0 saturated heterocycles. The molecule has 0 amide bonds. The molecule has 0 saturated carbocycles. The van der Waals surface area contributed by atoms with Gasteiger partial charge in [-0.2, -0.15) is 0 Å². The number of carboxylic acids is 1. The number of carboxylic acid groups (broad SMARTS) is 1. The van der Waals surface area contributed by atoms with Gasteiger partial charge in [-0.05, 0) is 55.3 Å². The van der Waals surface area contributed by atoms with Gasteiger partial charge in [-0.1, -0.05) is 12.1 Å². The quantitative estimate of drug-likeness (QED) is 0.890. The van der Waals surface area contributed by atoms with Crippen LogP contribution in [0.4, 0.5) is 0 Å². The van der Waals surface area contributed by atoms with Crippen LogP contribution in [0.1, 0.15) is 21.5 Å². The summed E-state index contributed by atoms with van der Waals surface area (Å²) < 4.78 is 5.64. The minimum atomic E-state index is -0.958. The molecule has 2 aromatic carbocycles. The molecule has 0 aliphatic rings. The van der Waals surface area contributed by atoms with E-state index in [2.05, 4.69) is 0 Å². The van der Waals surface area contributed by atoms with E-state index in [1.165, 1.54) is 17.7 Å². The summed E-state index contributed by atoms with van der Waals surface area (Å²) in [5.41, 5.74) is 2.56. The SMILES string of the molecule is Cc1ccc(Oc2cccc(C(=O)O)c2)cc1C. The minimum absolute atomic E-state index is 0.219. The summed E-state index contributed by atoms with van der Waals surface area (Å²) in [6.45, 7) is 4.04. The van der Waals surface area contributed by atoms with E-state index in [0.29, 0.717) is 11.5 Å². The summed E-state index contributed by atoms with van der Waals surface area (Å²) in [7, 11) is 0. The summed E-state index contributed by atoms with van der Waals surface area (Å²) in [5, 5.41) is 8.90. The fourth-order valence-electron chi connectivity index (χ4n) is 1.61. The van der Waals surface area contributed by atoms with Gasteiger partial charge in [0.05, 0.1) is 5.56 Å². The molecule has 92 valence electrons. The van der Waals surface area contributed by atoms with Gasteiger partial charge in [-0.15, -0.1) is 0 Å². The van der Waals surface area contributed by atoms with Crippen molar-refractivity contribution in [3.63, 3.8) is 0 Å². The first-order chi connectivity index (χ1) is 8.56. The fourth-order valence-corrected chi connectivity index (χ4v) is 1.61. The molecule has 18 heavy (non-hydrogen) atoms. The molecular weight excluding hydrogens is 228 g/mol. The van der Waals surface area contributed by atoms with E-state index in [1.807, 2.05) is 32.0 Å². The lowest BCUT2D eigenvalue weighted by Crippen LogP contribution is -1.96. The van der Waals surface area contributed by atoms with Gasteiger partial charge in [0.25, 0.3) is 0 Å². The number of ether oxygens (including phenoxy) is 1. The van der Waals surface area contributed by atoms with Crippen molar-refractivity contribution in [2.45, 2.75) is 13.8 Å². The Hall–Kier alpha value is -2.29. The Bertz CT molecular complexity index is 588. The maximum absolute atomic E-state index is 10.8. The minimum Gasteiger partial charge on any atom is -0.478 e. The average Bonchev–Trinajstić information content (AvgIpc) is 2.34. The molecule has 0 bridgehead atoms. The second-order valence-electron chi connectivity index (χ2n) is 4.18. The smallest absolute Gasteiger partial charge is 0.335 e. The number of aryl methyl sites for hydroxylation is 2. The van der Waals surface area contributed by atoms with Crippen molar-refractivity contribution in [1.29, 1.82) is 0 Å². The number of aromatic carboxylic acids is 1. The molecule has 3 nitrogen and oxygen atoms in total. The van der Waals surface area contributed by atoms with Crippen LogP contribution in [0, 0.1) is 13.8 Å². The van der Waals surface area contributed by atoms with Gasteiger partial charge in [0.2, 0.25) is 0 Å². The third-order valence-corrected chi connectivity index (χ3v) is 2.80. The Balaban J connectivity index is 2.25. The fraction of sp³-hybridized carbons (Fsp3) is 0.133. The van der Waals surface area contributed by atoms with Crippen molar-refractivity contribution < 1.29 is 14.6 Å². The molecule has 1 N–H and O–H groups in total. The number of hydrogen-bond donors (Lipinski definition) is 1. The van der Waals surface area contributed by atoms with Crippen LogP contribution in [-0.4, -0.2) is 11.1 Å². The van der Waals surface area contributed by atoms with Gasteiger partial charge < -0.3 is 9.84 Å². The van der Waals surface area contributed by atoms with Crippen molar-refractivity contribution in [2.24, 2.45) is 0 Å². The first-order valence-corrected chi connectivity index (χ1v) is 5.65. The van der Waals surface area contributed by atoms with Crippen molar-refractivity contribution in [1.82, 2.24) is 0 Å². The molecule has 0 aliphatic heterocycles. The summed E-state index contributed by atoms with van der Waals surface area (Å²) in [5.74, 6) is 0.277. The third kappa shape index (κ3) is 2.69. The molecule has 0 fully saturated rings. The maximum Gasteiger partial charge on any atom is 0.335 e. The lowest BCUT2D eigenvalue weighted by molar-refractivity contribution is 0.0696. The lowest BCUT2D eigenvalue weighted by Gasteiger charge is -2.08. The predicted molar refractivity (Wildman–Crippen MR) is 69.4 cm³/mol. The van der Waals surface area contributed by atoms with E-state index in [-0.39, 0.29) is 5.56 Å². The zero-order chi connectivity index (χ0) is 13.1. The Morgan fingerprint density at radius 3 is 2.39 bits per heavy atom. The first-order valence-electron chi connectivity index (χ1n) is 5.65. The molecule has 2 rings (SSSR count). The van der Waals surface area contributed by atoms with Crippen molar-refractivity contribution in [2.75, 3.05) is 0 Å². The second-order valence-corrected chi connectivity index (χ2v) is 4.18. The molecular formula is C15H14O3. The number of hydrogen-bond acceptors (Lipinski definition) is 2. The zero-order valence-electron chi connectivity index (χ0n) is 10.3. The van der Waals surface area contributed by atoms with E-state index < -0.39 is 5.97 Å². The van der Waals surface area contributed by atoms with Crippen molar-refractivity contribution in [3.8, 4) is 11.5 Å². The summed E-state index contributed by atoms with van der Waals surface area (Å²) >= 11 is 0. The highest BCUT2D eigenvalue weighted by Crippen LogP contribution is 2.24. The Labute approximate surface area is 106 Å². The molecule has 0 unspecified atom stereocenters. The molecule has 0 spiro atoms. The second kappa shape index (κ2) is 4.92. The Morgan fingerprint density at radius 1 is 1.00 bits per heavy atom. The lowest BCUT2D eigenvalue weighted by atomic mass is 10.1. The van der Waals surface area contributed by atoms with Crippen LogP contribution in [0.3, 0.4) is 0 Å². The van der Waals surface area contributed by atoms with Crippen LogP contribution in [0.5, 0.6) is 11.5 Å². The third-order valence-electron chi connectivity index (χ3n) is 2.80. The molecule has 2 aromatic rings. The van der Waals surface area contributed by atoms with Gasteiger partial charge >= 0.3 is 5.97 Å². The van der Waals surface area contributed by atoms with Crippen molar-refractivity contribution in [3.05, 3.63) is 59.2 Å². The largest absolute Gasteiger partial charge is 0.478 e. The summed E-state index contributed by atoms with van der Waals surface area (Å²) in [6, 6.07) is 12.2. The summed E-state index contributed by atoms with van der Waals surface area (Å²) in [4.78, 5) is 10.8. The van der Waals surface area contributed by atoms with Crippen LogP contribution in [-0.2, 0) is 0 Å². The normalized spacial score (nSPS) is 10.1. The van der Waals surface area contributed by atoms with E-state index >= 15 is 0 Å². The highest BCUT2D eigenvalue weighted by Gasteiger charge is 2.05. The molecule has 3 heteroatoms. The van der Waals surface area contributed by atoms with E-state index in [0.717, 1.165) is 5.56 Å². The van der Waals surface area contributed by atoms with Gasteiger partial charge in [-0.3, -0.25) is 0 Å². The highest BCUT2D eigenvalue weighted by molar-refractivity contribution is 5.88. The van der Waals surface area contributed by atoms with Gasteiger partial charge in [-0.25, -0.2) is 4.79 Å². The number of carbonyl (C=O) groups is 1. The average molecular weight is 242 g/mol. The highest BCUT2D eigenvalue weighted by atomic mass is 16.5. The Morgan fingerprint density at radius 2 is 1.72 bits per heavy atom. The molecule has 0 radical (unpaired) electrons. The van der Waals surface area contributed by atoms with Crippen molar-refractivity contribution >= 4 is 5.97 Å². The van der Waals surface area contributed by atoms with Crippen LogP contribution < -0.4 is 4.74 Å². The molecule has 0 atom stereocenters. The van der Waals surface area contributed by atoms with Crippen LogP contribution in [0.15, 0.2) is 42.5 Å². The van der Waals surface area contributed by atoms with E-state index in [1.54, 1.807) is 12.1 Å². The standard InChI is InChI=1S/C15H14O3/c1-10-6-7-14(8-11(10)2)18-13-5-3-4-12(9-13)15(16)17/h3-9H,1-2H3,(H,16,17). The van der Waals surface area contributed by atoms with Gasteiger partial charge in [0.15, 0.2) is 0 Å². The first kappa shape index (κ1) is 12.2. The summed E-state index contributed by atoms with van der Waals surface area (Å²) in [6.07, 6.45) is 0. The van der Waals surface area contributed by atoms with Gasteiger partial charge in [0.1, 0.15) is 11.5 Å². The van der Waals surface area contributed by atoms with Crippen LogP contribution in [0.2, 0.25) is 0 Å². The zero-order valence-corrected chi connectivity index (χ0v) is 10.3. The molecule has 0 heterocycles. The van der Waals surface area contributed by atoms with E-state index in [9.17, 15) is 4.79 Å². The topological polar surface area (TPSA) is 46.5 Å². The maximum atomic E-state index is 10.8. The van der Waals surface area contributed by atoms with E-state index in [4.69, 9.17) is 9.84 Å².